The van der Waals surface area contributed by atoms with Gasteiger partial charge in [-0.25, -0.2) is 0 Å². The molecule has 5 nitrogen and oxygen atoms in total. The number of allylic oxidation sites excluding steroid dienone is 1. The lowest BCUT2D eigenvalue weighted by molar-refractivity contribution is 0.395. The van der Waals surface area contributed by atoms with Crippen molar-refractivity contribution in [3.63, 3.8) is 0 Å². The maximum atomic E-state index is 11.9. The Labute approximate surface area is 119 Å². The van der Waals surface area contributed by atoms with Gasteiger partial charge in [-0.3, -0.25) is 19.3 Å². The van der Waals surface area contributed by atoms with E-state index in [0.29, 0.717) is 4.88 Å². The van der Waals surface area contributed by atoms with Crippen molar-refractivity contribution < 1.29 is 5.11 Å². The first kappa shape index (κ1) is 12.8. The third kappa shape index (κ3) is 1.98. The van der Waals surface area contributed by atoms with Crippen molar-refractivity contribution in [1.29, 1.82) is 0 Å². The maximum Gasteiger partial charge on any atom is 0.310 e. The second kappa shape index (κ2) is 4.72. The number of thiazole rings is 1. The Hall–Kier alpha value is -2.21. The minimum Gasteiger partial charge on any atom is -0.493 e. The molecule has 2 aromatic heterocycles. The zero-order chi connectivity index (χ0) is 14.3. The topological polar surface area (TPSA) is 67.5 Å². The number of nitrogens with zero attached hydrogens (tertiary/aromatic N) is 3. The van der Waals surface area contributed by atoms with Gasteiger partial charge in [0.15, 0.2) is 0 Å². The highest BCUT2D eigenvalue weighted by atomic mass is 32.1. The number of hydrogen-bond acceptors (Lipinski definition) is 5. The van der Waals surface area contributed by atoms with Gasteiger partial charge in [0.25, 0.3) is 0 Å². The summed E-state index contributed by atoms with van der Waals surface area (Å²) in [5, 5.41) is 10.2. The predicted molar refractivity (Wildman–Crippen MR) is 80.9 cm³/mol. The van der Waals surface area contributed by atoms with Gasteiger partial charge in [0.05, 0.1) is 10.6 Å². The standard InChI is InChI=1S/C14H13N3O2S/c1-8(2)17-13(18)12(20-14(17)19)5-9-6-16-11-3-4-15-7-10(9)11/h3-8,18H,1-2H3. The zero-order valence-electron chi connectivity index (χ0n) is 11.1. The summed E-state index contributed by atoms with van der Waals surface area (Å²) in [5.74, 6) is 0.00763. The molecule has 0 amide bonds. The third-order valence-electron chi connectivity index (χ3n) is 3.10. The molecule has 3 rings (SSSR count). The fourth-order valence-electron chi connectivity index (χ4n) is 2.13. The Kier molecular flexibility index (Phi) is 3.02. The summed E-state index contributed by atoms with van der Waals surface area (Å²) in [6.45, 7) is 3.72. The lowest BCUT2D eigenvalue weighted by atomic mass is 10.1. The summed E-state index contributed by atoms with van der Waals surface area (Å²) in [5.41, 5.74) is 2.60. The van der Waals surface area contributed by atoms with Crippen LogP contribution in [0.5, 0.6) is 5.88 Å². The average molecular weight is 287 g/mol. The van der Waals surface area contributed by atoms with Crippen LogP contribution in [-0.4, -0.2) is 20.9 Å². The monoisotopic (exact) mass is 287 g/mol. The molecule has 2 aromatic rings. The molecule has 0 unspecified atom stereocenters. The maximum absolute atomic E-state index is 11.9. The Morgan fingerprint density at radius 3 is 2.95 bits per heavy atom. The Morgan fingerprint density at radius 1 is 1.45 bits per heavy atom. The van der Waals surface area contributed by atoms with E-state index in [-0.39, 0.29) is 16.8 Å². The van der Waals surface area contributed by atoms with Crippen molar-refractivity contribution in [2.24, 2.45) is 4.99 Å². The normalized spacial score (nSPS) is 15.2. The number of fused-ring (bicyclic) bond motifs is 1. The van der Waals surface area contributed by atoms with Gasteiger partial charge < -0.3 is 5.11 Å². The van der Waals surface area contributed by atoms with Crippen LogP contribution >= 0.6 is 11.3 Å². The number of pyridine rings is 1. The number of aromatic nitrogens is 2. The van der Waals surface area contributed by atoms with Crippen molar-refractivity contribution in [2.75, 3.05) is 0 Å². The van der Waals surface area contributed by atoms with Crippen molar-refractivity contribution in [1.82, 2.24) is 9.55 Å². The fourth-order valence-corrected chi connectivity index (χ4v) is 3.09. The lowest BCUT2D eigenvalue weighted by Gasteiger charge is -2.06. The number of aromatic hydroxyl groups is 1. The van der Waals surface area contributed by atoms with Gasteiger partial charge in [0, 0.05) is 35.8 Å². The average Bonchev–Trinajstić information content (AvgIpc) is 2.93. The first-order chi connectivity index (χ1) is 9.58. The molecule has 102 valence electrons. The molecule has 3 heterocycles. The summed E-state index contributed by atoms with van der Waals surface area (Å²) in [7, 11) is 0. The van der Waals surface area contributed by atoms with Gasteiger partial charge in [-0.15, -0.1) is 0 Å². The van der Waals surface area contributed by atoms with Gasteiger partial charge in [0.2, 0.25) is 5.88 Å². The lowest BCUT2D eigenvalue weighted by Crippen LogP contribution is -2.14. The third-order valence-corrected chi connectivity index (χ3v) is 3.99. The molecule has 1 aliphatic heterocycles. The van der Waals surface area contributed by atoms with Crippen LogP contribution in [0.3, 0.4) is 0 Å². The molecule has 6 heteroatoms. The highest BCUT2D eigenvalue weighted by molar-refractivity contribution is 7.10. The fraction of sp³-hybridized carbons (Fsp3) is 0.214. The molecule has 0 saturated heterocycles. The molecule has 0 aliphatic carbocycles. The van der Waals surface area contributed by atoms with E-state index in [9.17, 15) is 9.90 Å². The van der Waals surface area contributed by atoms with Crippen molar-refractivity contribution in [2.45, 2.75) is 19.9 Å². The molecule has 0 spiro atoms. The zero-order valence-corrected chi connectivity index (χ0v) is 11.9. The van der Waals surface area contributed by atoms with E-state index in [1.807, 2.05) is 19.9 Å². The first-order valence-electron chi connectivity index (χ1n) is 6.22. The molecule has 20 heavy (non-hydrogen) atoms. The summed E-state index contributed by atoms with van der Waals surface area (Å²) in [6, 6.07) is 1.76. The molecule has 1 N–H and O–H groups in total. The van der Waals surface area contributed by atoms with Crippen LogP contribution in [0, 0.1) is 0 Å². The number of hydrogen-bond donors (Lipinski definition) is 1. The van der Waals surface area contributed by atoms with Crippen LogP contribution in [0.2, 0.25) is 0 Å². The highest BCUT2D eigenvalue weighted by Gasteiger charge is 2.17. The van der Waals surface area contributed by atoms with Crippen LogP contribution < -0.4 is 4.87 Å². The van der Waals surface area contributed by atoms with Crippen LogP contribution in [0.1, 0.15) is 30.3 Å². The van der Waals surface area contributed by atoms with Crippen LogP contribution in [0.4, 0.5) is 5.69 Å². The van der Waals surface area contributed by atoms with Crippen molar-refractivity contribution in [3.05, 3.63) is 38.6 Å². The molecule has 0 aromatic carbocycles. The second-order valence-corrected chi connectivity index (χ2v) is 5.76. The van der Waals surface area contributed by atoms with E-state index in [1.54, 1.807) is 24.7 Å². The van der Waals surface area contributed by atoms with Crippen molar-refractivity contribution in [3.8, 4) is 5.88 Å². The summed E-state index contributed by atoms with van der Waals surface area (Å²) < 4.78 is 1.38. The minimum absolute atomic E-state index is 0.00763. The Bertz CT molecular complexity index is 784. The largest absolute Gasteiger partial charge is 0.493 e. The second-order valence-electron chi connectivity index (χ2n) is 4.77. The highest BCUT2D eigenvalue weighted by Crippen LogP contribution is 2.34. The predicted octanol–water partition coefficient (Wildman–Crippen LogP) is 2.85. The quantitative estimate of drug-likeness (QED) is 0.923. The van der Waals surface area contributed by atoms with E-state index in [0.717, 1.165) is 28.2 Å². The summed E-state index contributed by atoms with van der Waals surface area (Å²) in [4.78, 5) is 20.6. The SMILES string of the molecule is CC(C)n1c(O)c(C=C2C=Nc3ccncc32)sc1=O. The van der Waals surface area contributed by atoms with Crippen LogP contribution in [-0.2, 0) is 0 Å². The number of rotatable bonds is 2. The molecule has 0 fully saturated rings. The van der Waals surface area contributed by atoms with E-state index in [4.69, 9.17) is 0 Å². The van der Waals surface area contributed by atoms with Gasteiger partial charge >= 0.3 is 4.87 Å². The molecule has 0 saturated carbocycles. The molecular weight excluding hydrogens is 274 g/mol. The van der Waals surface area contributed by atoms with Gasteiger partial charge in [-0.1, -0.05) is 11.3 Å². The first-order valence-corrected chi connectivity index (χ1v) is 7.04. The molecule has 1 aliphatic rings. The minimum atomic E-state index is -0.161. The summed E-state index contributed by atoms with van der Waals surface area (Å²) >= 11 is 1.03. The summed E-state index contributed by atoms with van der Waals surface area (Å²) in [6.07, 6.45) is 6.91. The van der Waals surface area contributed by atoms with Crippen molar-refractivity contribution >= 4 is 34.9 Å². The van der Waals surface area contributed by atoms with Gasteiger partial charge in [-0.05, 0) is 26.0 Å². The van der Waals surface area contributed by atoms with Crippen LogP contribution in [0.15, 0.2) is 28.2 Å². The van der Waals surface area contributed by atoms with E-state index < -0.39 is 0 Å². The van der Waals surface area contributed by atoms with E-state index in [1.165, 1.54) is 4.57 Å². The molecule has 0 radical (unpaired) electrons. The van der Waals surface area contributed by atoms with Gasteiger partial charge in [0.1, 0.15) is 0 Å². The Balaban J connectivity index is 2.10. The van der Waals surface area contributed by atoms with E-state index >= 15 is 0 Å². The van der Waals surface area contributed by atoms with E-state index in [2.05, 4.69) is 9.98 Å². The number of aliphatic imine (C=N–C) groups is 1. The van der Waals surface area contributed by atoms with Gasteiger partial charge in [-0.2, -0.15) is 0 Å². The molecule has 0 atom stereocenters. The molecular formula is C14H13N3O2S. The van der Waals surface area contributed by atoms with Crippen LogP contribution in [0.25, 0.3) is 11.6 Å². The molecule has 0 bridgehead atoms. The smallest absolute Gasteiger partial charge is 0.310 e. The Morgan fingerprint density at radius 2 is 2.25 bits per heavy atom.